The summed E-state index contributed by atoms with van der Waals surface area (Å²) in [5, 5.41) is 0. The van der Waals surface area contributed by atoms with Gasteiger partial charge in [-0.15, -0.1) is 0 Å². The summed E-state index contributed by atoms with van der Waals surface area (Å²) in [6.07, 6.45) is 6.66. The van der Waals surface area contributed by atoms with Gasteiger partial charge >= 0.3 is 0 Å². The van der Waals surface area contributed by atoms with Crippen molar-refractivity contribution in [2.75, 3.05) is 0 Å². The Kier molecular flexibility index (Phi) is 3.12. The van der Waals surface area contributed by atoms with Crippen molar-refractivity contribution in [2.45, 2.75) is 0 Å². The first-order chi connectivity index (χ1) is 12.7. The Morgan fingerprint density at radius 3 is 1.62 bits per heavy atom. The lowest BCUT2D eigenvalue weighted by Gasteiger charge is -1.90. The lowest BCUT2D eigenvalue weighted by atomic mass is 10.3. The van der Waals surface area contributed by atoms with E-state index in [1.807, 2.05) is 24.3 Å². The second-order valence-corrected chi connectivity index (χ2v) is 6.08. The first kappa shape index (κ1) is 14.8. The van der Waals surface area contributed by atoms with E-state index in [0.717, 1.165) is 22.4 Å². The van der Waals surface area contributed by atoms with Gasteiger partial charge in [-0.25, -0.2) is 18.7 Å². The van der Waals surface area contributed by atoms with Crippen LogP contribution in [0, 0.1) is 11.6 Å². The number of rotatable bonds is 0. The highest BCUT2D eigenvalue weighted by Crippen LogP contribution is 2.21. The number of hydrogen-bond acceptors (Lipinski definition) is 2. The van der Waals surface area contributed by atoms with Crippen molar-refractivity contribution >= 4 is 46.4 Å². The number of fused-ring (bicyclic) bond motifs is 8. The van der Waals surface area contributed by atoms with Gasteiger partial charge in [-0.2, -0.15) is 0 Å². The molecule has 0 aromatic carbocycles. The Bertz CT molecular complexity index is 1170. The molecule has 0 amide bonds. The van der Waals surface area contributed by atoms with E-state index in [0.29, 0.717) is 0 Å². The van der Waals surface area contributed by atoms with Crippen molar-refractivity contribution in [1.29, 1.82) is 0 Å². The van der Waals surface area contributed by atoms with Crippen LogP contribution in [-0.4, -0.2) is 19.9 Å². The molecule has 5 heterocycles. The van der Waals surface area contributed by atoms with Crippen LogP contribution in [0.5, 0.6) is 0 Å². The van der Waals surface area contributed by atoms with Crippen molar-refractivity contribution in [3.8, 4) is 0 Å². The minimum atomic E-state index is -0.535. The minimum absolute atomic E-state index is 0.0858. The summed E-state index contributed by atoms with van der Waals surface area (Å²) in [4.78, 5) is 14.6. The Labute approximate surface area is 146 Å². The number of H-pyrrole nitrogens is 2. The molecule has 126 valence electrons. The molecular weight excluding hydrogens is 334 g/mol. The van der Waals surface area contributed by atoms with Crippen molar-refractivity contribution in [3.05, 3.63) is 70.8 Å². The van der Waals surface area contributed by atoms with Crippen LogP contribution >= 0.6 is 0 Å². The van der Waals surface area contributed by atoms with E-state index in [9.17, 15) is 8.78 Å². The molecule has 2 aliphatic rings. The van der Waals surface area contributed by atoms with Crippen LogP contribution in [-0.2, 0) is 0 Å². The van der Waals surface area contributed by atoms with Crippen LogP contribution in [0.25, 0.3) is 46.4 Å². The Morgan fingerprint density at radius 2 is 1.12 bits per heavy atom. The molecule has 0 atom stereocenters. The molecule has 0 saturated heterocycles. The normalized spacial score (nSPS) is 12.7. The quantitative estimate of drug-likeness (QED) is 0.417. The van der Waals surface area contributed by atoms with Crippen LogP contribution in [0.1, 0.15) is 22.8 Å². The number of hydrogen-bond donors (Lipinski definition) is 2. The summed E-state index contributed by atoms with van der Waals surface area (Å²) in [5.74, 6) is -1.07. The summed E-state index contributed by atoms with van der Waals surface area (Å²) >= 11 is 0. The fraction of sp³-hybridized carbons (Fsp3) is 0. The molecule has 0 unspecified atom stereocenters. The summed E-state index contributed by atoms with van der Waals surface area (Å²) in [6, 6.07) is 10.4. The van der Waals surface area contributed by atoms with Gasteiger partial charge in [-0.3, -0.25) is 0 Å². The van der Waals surface area contributed by atoms with Gasteiger partial charge in [0.1, 0.15) is 11.4 Å². The second-order valence-electron chi connectivity index (χ2n) is 6.08. The van der Waals surface area contributed by atoms with Crippen LogP contribution in [0.15, 0.2) is 36.4 Å². The van der Waals surface area contributed by atoms with E-state index in [4.69, 9.17) is 0 Å². The number of nitrogens with zero attached hydrogens (tertiary/aromatic N) is 2. The van der Waals surface area contributed by atoms with Crippen LogP contribution in [0.4, 0.5) is 8.78 Å². The summed E-state index contributed by atoms with van der Waals surface area (Å²) in [6.45, 7) is 0. The summed E-state index contributed by atoms with van der Waals surface area (Å²) in [5.41, 5.74) is 3.68. The molecule has 3 aromatic rings. The molecule has 0 aliphatic carbocycles. The fourth-order valence-corrected chi connectivity index (χ4v) is 3.00. The predicted molar refractivity (Wildman–Crippen MR) is 98.8 cm³/mol. The number of halogens is 2. The van der Waals surface area contributed by atoms with Crippen molar-refractivity contribution in [2.24, 2.45) is 0 Å². The number of nitrogens with one attached hydrogen (secondary N) is 2. The fourth-order valence-electron chi connectivity index (χ4n) is 3.00. The predicted octanol–water partition coefficient (Wildman–Crippen LogP) is 4.93. The van der Waals surface area contributed by atoms with Gasteiger partial charge in [0, 0.05) is 11.0 Å². The maximum atomic E-state index is 14.7. The molecule has 0 saturated carbocycles. The van der Waals surface area contributed by atoms with Crippen LogP contribution < -0.4 is 0 Å². The van der Waals surface area contributed by atoms with E-state index in [1.165, 1.54) is 12.2 Å². The smallest absolute Gasteiger partial charge is 0.172 e. The van der Waals surface area contributed by atoms with Gasteiger partial charge in [0.15, 0.2) is 11.6 Å². The minimum Gasteiger partial charge on any atom is -0.353 e. The molecule has 6 heteroatoms. The Balaban J connectivity index is 1.91. The maximum absolute atomic E-state index is 14.7. The highest BCUT2D eigenvalue weighted by atomic mass is 19.1. The van der Waals surface area contributed by atoms with Gasteiger partial charge in [-0.05, 0) is 60.7 Å². The molecule has 26 heavy (non-hydrogen) atoms. The van der Waals surface area contributed by atoms with Crippen molar-refractivity contribution in [3.63, 3.8) is 0 Å². The maximum Gasteiger partial charge on any atom is 0.172 e. The van der Waals surface area contributed by atoms with Gasteiger partial charge < -0.3 is 9.97 Å². The molecule has 2 N–H and O–H groups in total. The molecule has 8 bridgehead atoms. The standard InChI is InChI=1S/C20H12F2N4/c21-19-15-5-3-13(24-15)9-11-1-2-12(23-11)10-14-4-6-16(25-14)20(22)18-8-7-17(19)26-18/h1-10,24-25H. The second kappa shape index (κ2) is 5.49. The van der Waals surface area contributed by atoms with Gasteiger partial charge in [0.05, 0.1) is 22.4 Å². The third kappa shape index (κ3) is 2.43. The van der Waals surface area contributed by atoms with Gasteiger partial charge in [-0.1, -0.05) is 0 Å². The van der Waals surface area contributed by atoms with Crippen LogP contribution in [0.3, 0.4) is 0 Å². The molecule has 2 aliphatic heterocycles. The molecule has 0 spiro atoms. The average molecular weight is 346 g/mol. The van der Waals surface area contributed by atoms with E-state index in [1.54, 1.807) is 24.3 Å². The zero-order valence-electron chi connectivity index (χ0n) is 13.4. The van der Waals surface area contributed by atoms with E-state index >= 15 is 0 Å². The lowest BCUT2D eigenvalue weighted by Crippen LogP contribution is -1.85. The number of aromatic nitrogens is 4. The van der Waals surface area contributed by atoms with Gasteiger partial charge in [0.2, 0.25) is 0 Å². The van der Waals surface area contributed by atoms with Gasteiger partial charge in [0.25, 0.3) is 0 Å². The third-order valence-corrected chi connectivity index (χ3v) is 4.27. The first-order valence-electron chi connectivity index (χ1n) is 8.07. The lowest BCUT2D eigenvalue weighted by molar-refractivity contribution is 0.620. The average Bonchev–Trinajstić information content (AvgIpc) is 3.41. The summed E-state index contributed by atoms with van der Waals surface area (Å²) < 4.78 is 29.4. The largest absolute Gasteiger partial charge is 0.353 e. The molecule has 3 aromatic heterocycles. The molecule has 0 fully saturated rings. The Morgan fingerprint density at radius 1 is 0.615 bits per heavy atom. The SMILES string of the molecule is Fc1c2nc(c(F)c3ccc(cc4nc(cc5ccc1[nH]5)C=C4)[nH]3)C=C2. The topological polar surface area (TPSA) is 57.4 Å². The van der Waals surface area contributed by atoms with Crippen LogP contribution in [0.2, 0.25) is 0 Å². The van der Waals surface area contributed by atoms with E-state index < -0.39 is 11.6 Å². The van der Waals surface area contributed by atoms with Crippen molar-refractivity contribution < 1.29 is 8.78 Å². The Hall–Kier alpha value is -3.54. The molecule has 5 rings (SSSR count). The van der Waals surface area contributed by atoms with E-state index in [2.05, 4.69) is 19.9 Å². The molecular formula is C20H12F2N4. The monoisotopic (exact) mass is 346 g/mol. The van der Waals surface area contributed by atoms with Crippen molar-refractivity contribution in [1.82, 2.24) is 19.9 Å². The highest BCUT2D eigenvalue weighted by Gasteiger charge is 2.11. The first-order valence-corrected chi connectivity index (χ1v) is 8.07. The number of aromatic amines is 2. The zero-order valence-corrected chi connectivity index (χ0v) is 13.4. The molecule has 4 nitrogen and oxygen atoms in total. The summed E-state index contributed by atoms with van der Waals surface area (Å²) in [7, 11) is 0. The highest BCUT2D eigenvalue weighted by molar-refractivity contribution is 5.77. The third-order valence-electron chi connectivity index (χ3n) is 4.27. The van der Waals surface area contributed by atoms with E-state index in [-0.39, 0.29) is 22.4 Å². The molecule has 0 radical (unpaired) electrons. The zero-order chi connectivity index (χ0) is 17.7.